The quantitative estimate of drug-likeness (QED) is 0.0320. The molecule has 0 aliphatic rings. The standard InChI is InChI=1S/C80H151NO5/c1-3-5-7-9-11-13-15-17-19-21-23-37-40-44-48-52-56-60-64-68-72-78(83)77(76-82)81-79(84)73-69-65-61-57-53-49-45-41-38-35-33-31-29-27-25-24-26-28-30-32-34-36-39-43-47-51-55-59-63-67-71-75-86-80(85)74-70-66-62-58-54-50-46-42-22-20-18-16-14-12-10-8-6-4-2/h20,22,26,28,32,34,68,72,77-78,82-83H,3-19,21,23-25,27,29-31,33,35-67,69-71,73-76H2,1-2H3,(H,81,84)/b22-20-,28-26-,34-32-,72-68+. The van der Waals surface area contributed by atoms with Gasteiger partial charge in [-0.3, -0.25) is 9.59 Å². The van der Waals surface area contributed by atoms with Gasteiger partial charge < -0.3 is 20.3 Å². The summed E-state index contributed by atoms with van der Waals surface area (Å²) >= 11 is 0. The highest BCUT2D eigenvalue weighted by atomic mass is 16.5. The smallest absolute Gasteiger partial charge is 0.305 e. The predicted molar refractivity (Wildman–Crippen MR) is 379 cm³/mol. The fourth-order valence-electron chi connectivity index (χ4n) is 12.1. The van der Waals surface area contributed by atoms with Crippen LogP contribution < -0.4 is 5.32 Å². The van der Waals surface area contributed by atoms with Gasteiger partial charge in [-0.15, -0.1) is 0 Å². The Morgan fingerprint density at radius 2 is 0.581 bits per heavy atom. The van der Waals surface area contributed by atoms with Crippen molar-refractivity contribution in [2.75, 3.05) is 13.2 Å². The Labute approximate surface area is 537 Å². The van der Waals surface area contributed by atoms with Crippen LogP contribution in [0.4, 0.5) is 0 Å². The molecule has 0 saturated carbocycles. The highest BCUT2D eigenvalue weighted by Gasteiger charge is 2.18. The van der Waals surface area contributed by atoms with E-state index < -0.39 is 12.1 Å². The molecule has 0 aromatic heterocycles. The summed E-state index contributed by atoms with van der Waals surface area (Å²) in [5.41, 5.74) is 0. The first-order chi connectivity index (χ1) is 42.5. The molecule has 0 radical (unpaired) electrons. The van der Waals surface area contributed by atoms with E-state index in [-0.39, 0.29) is 18.5 Å². The van der Waals surface area contributed by atoms with Crippen LogP contribution in [0.2, 0.25) is 0 Å². The fourth-order valence-corrected chi connectivity index (χ4v) is 12.1. The SMILES string of the molecule is CCCCCCCCC/C=C\CCCCCCCCCC(=O)OCCCCCCCCCCC/C=C\C/C=C\CCCCCCCCCCCCCCCCCC(=O)NC(CO)C(O)/C=C/CCCCCCCCCCCCCCCCCCCC. The van der Waals surface area contributed by atoms with Gasteiger partial charge in [-0.05, 0) is 89.9 Å². The van der Waals surface area contributed by atoms with Gasteiger partial charge in [-0.2, -0.15) is 0 Å². The molecular formula is C80H151NO5. The van der Waals surface area contributed by atoms with Gasteiger partial charge in [0, 0.05) is 12.8 Å². The van der Waals surface area contributed by atoms with E-state index >= 15 is 0 Å². The zero-order valence-electron chi connectivity index (χ0n) is 58.1. The number of esters is 1. The molecule has 1 amide bonds. The van der Waals surface area contributed by atoms with E-state index in [2.05, 4.69) is 55.6 Å². The third-order valence-corrected chi connectivity index (χ3v) is 18.1. The summed E-state index contributed by atoms with van der Waals surface area (Å²) < 4.78 is 5.50. The number of nitrogens with one attached hydrogen (secondary N) is 1. The van der Waals surface area contributed by atoms with Crippen molar-refractivity contribution in [3.8, 4) is 0 Å². The zero-order valence-corrected chi connectivity index (χ0v) is 58.1. The minimum Gasteiger partial charge on any atom is -0.466 e. The lowest BCUT2D eigenvalue weighted by Crippen LogP contribution is -2.45. The van der Waals surface area contributed by atoms with Crippen LogP contribution in [0, 0.1) is 0 Å². The highest BCUT2D eigenvalue weighted by Crippen LogP contribution is 2.19. The normalized spacial score (nSPS) is 12.7. The van der Waals surface area contributed by atoms with Gasteiger partial charge in [0.05, 0.1) is 25.4 Å². The molecule has 0 spiro atoms. The van der Waals surface area contributed by atoms with Crippen molar-refractivity contribution in [3.05, 3.63) is 48.6 Å². The van der Waals surface area contributed by atoms with Gasteiger partial charge in [-0.1, -0.05) is 371 Å². The molecule has 0 bridgehead atoms. The number of hydrogen-bond acceptors (Lipinski definition) is 5. The molecule has 3 N–H and O–H groups in total. The summed E-state index contributed by atoms with van der Waals surface area (Å²) in [6.07, 6.45) is 99.3. The molecule has 86 heavy (non-hydrogen) atoms. The van der Waals surface area contributed by atoms with E-state index in [4.69, 9.17) is 4.74 Å². The molecule has 0 rings (SSSR count). The number of rotatable bonds is 73. The van der Waals surface area contributed by atoms with Crippen LogP contribution in [-0.2, 0) is 14.3 Å². The minimum absolute atomic E-state index is 0.0105. The third kappa shape index (κ3) is 70.9. The lowest BCUT2D eigenvalue weighted by Gasteiger charge is -2.20. The first kappa shape index (κ1) is 83.8. The largest absolute Gasteiger partial charge is 0.466 e. The van der Waals surface area contributed by atoms with Crippen molar-refractivity contribution in [1.29, 1.82) is 0 Å². The van der Waals surface area contributed by atoms with Crippen LogP contribution in [0.5, 0.6) is 0 Å². The molecule has 0 aromatic rings. The Kier molecular flexibility index (Phi) is 73.4. The molecule has 0 heterocycles. The topological polar surface area (TPSA) is 95.9 Å². The number of carbonyl (C=O) groups excluding carboxylic acids is 2. The van der Waals surface area contributed by atoms with Gasteiger partial charge in [0.15, 0.2) is 0 Å². The molecule has 0 saturated heterocycles. The molecule has 506 valence electrons. The Bertz CT molecular complexity index is 1440. The van der Waals surface area contributed by atoms with Crippen molar-refractivity contribution >= 4 is 11.9 Å². The van der Waals surface area contributed by atoms with Crippen molar-refractivity contribution in [2.24, 2.45) is 0 Å². The number of unbranched alkanes of at least 4 members (excludes halogenated alkanes) is 56. The van der Waals surface area contributed by atoms with Crippen molar-refractivity contribution in [2.45, 2.75) is 437 Å². The van der Waals surface area contributed by atoms with Crippen molar-refractivity contribution in [1.82, 2.24) is 5.32 Å². The molecule has 0 aromatic carbocycles. The summed E-state index contributed by atoms with van der Waals surface area (Å²) in [6.45, 7) is 4.94. The maximum atomic E-state index is 12.5. The highest BCUT2D eigenvalue weighted by molar-refractivity contribution is 5.76. The third-order valence-electron chi connectivity index (χ3n) is 18.1. The first-order valence-corrected chi connectivity index (χ1v) is 38.9. The van der Waals surface area contributed by atoms with E-state index in [1.165, 1.54) is 347 Å². The molecule has 0 aliphatic heterocycles. The van der Waals surface area contributed by atoms with Gasteiger partial charge in [-0.25, -0.2) is 0 Å². The van der Waals surface area contributed by atoms with Gasteiger partial charge in [0.1, 0.15) is 0 Å². The first-order valence-electron chi connectivity index (χ1n) is 38.9. The van der Waals surface area contributed by atoms with Crippen molar-refractivity contribution in [3.63, 3.8) is 0 Å². The number of allylic oxidation sites excluding steroid dienone is 7. The number of amides is 1. The molecule has 6 heteroatoms. The van der Waals surface area contributed by atoms with E-state index in [1.807, 2.05) is 6.08 Å². The lowest BCUT2D eigenvalue weighted by molar-refractivity contribution is -0.143. The van der Waals surface area contributed by atoms with Crippen LogP contribution in [0.25, 0.3) is 0 Å². The second kappa shape index (κ2) is 75.3. The Balaban J connectivity index is 3.41. The summed E-state index contributed by atoms with van der Waals surface area (Å²) in [5.74, 6) is -0.0533. The minimum atomic E-state index is -0.846. The second-order valence-electron chi connectivity index (χ2n) is 26.7. The van der Waals surface area contributed by atoms with Gasteiger partial charge in [0.2, 0.25) is 5.91 Å². The molecule has 6 nitrogen and oxygen atoms in total. The fraction of sp³-hybridized carbons (Fsp3) is 0.875. The Morgan fingerprint density at radius 1 is 0.326 bits per heavy atom. The van der Waals surface area contributed by atoms with Crippen LogP contribution in [0.15, 0.2) is 48.6 Å². The Hall–Kier alpha value is -2.18. The zero-order chi connectivity index (χ0) is 62.0. The van der Waals surface area contributed by atoms with E-state index in [1.54, 1.807) is 6.08 Å². The predicted octanol–water partition coefficient (Wildman–Crippen LogP) is 25.6. The lowest BCUT2D eigenvalue weighted by atomic mass is 10.0. The molecule has 2 atom stereocenters. The average Bonchev–Trinajstić information content (AvgIpc) is 3.54. The summed E-state index contributed by atoms with van der Waals surface area (Å²) in [6, 6.07) is -0.629. The number of ether oxygens (including phenoxy) is 1. The van der Waals surface area contributed by atoms with Crippen LogP contribution in [-0.4, -0.2) is 47.4 Å². The van der Waals surface area contributed by atoms with Crippen LogP contribution in [0.1, 0.15) is 425 Å². The maximum Gasteiger partial charge on any atom is 0.305 e. The summed E-state index contributed by atoms with van der Waals surface area (Å²) in [4.78, 5) is 24.6. The Morgan fingerprint density at radius 3 is 0.895 bits per heavy atom. The molecule has 0 fully saturated rings. The molecule has 0 aliphatic carbocycles. The number of aliphatic hydroxyl groups is 2. The number of carbonyl (C=O) groups is 2. The van der Waals surface area contributed by atoms with Crippen molar-refractivity contribution < 1.29 is 24.5 Å². The monoisotopic (exact) mass is 1210 g/mol. The molecular weight excluding hydrogens is 1050 g/mol. The van der Waals surface area contributed by atoms with Crippen LogP contribution >= 0.6 is 0 Å². The summed E-state index contributed by atoms with van der Waals surface area (Å²) in [7, 11) is 0. The summed E-state index contributed by atoms with van der Waals surface area (Å²) in [5, 5.41) is 23.3. The number of hydrogen-bond donors (Lipinski definition) is 3. The molecule has 2 unspecified atom stereocenters. The second-order valence-corrected chi connectivity index (χ2v) is 26.7. The van der Waals surface area contributed by atoms with E-state index in [0.29, 0.717) is 19.4 Å². The maximum absolute atomic E-state index is 12.5. The number of aliphatic hydroxyl groups excluding tert-OH is 2. The van der Waals surface area contributed by atoms with Gasteiger partial charge in [0.25, 0.3) is 0 Å². The van der Waals surface area contributed by atoms with Gasteiger partial charge >= 0.3 is 5.97 Å². The average molecular weight is 1210 g/mol. The van der Waals surface area contributed by atoms with Crippen LogP contribution in [0.3, 0.4) is 0 Å². The van der Waals surface area contributed by atoms with E-state index in [9.17, 15) is 19.8 Å². The van der Waals surface area contributed by atoms with E-state index in [0.717, 1.165) is 51.4 Å².